The zero-order valence-electron chi connectivity index (χ0n) is 12.9. The van der Waals surface area contributed by atoms with Crippen molar-refractivity contribution in [2.45, 2.75) is 35.9 Å². The van der Waals surface area contributed by atoms with Gasteiger partial charge in [0, 0.05) is 13.1 Å². The number of amides is 1. The fraction of sp³-hybridized carbons (Fsp3) is 0.538. The Morgan fingerprint density at radius 3 is 2.76 bits per heavy atom. The number of halogens is 3. The van der Waals surface area contributed by atoms with Gasteiger partial charge in [-0.1, -0.05) is 23.1 Å². The molecule has 1 saturated heterocycles. The molecule has 0 bridgehead atoms. The van der Waals surface area contributed by atoms with Crippen molar-refractivity contribution in [2.75, 3.05) is 12.8 Å². The predicted molar refractivity (Wildman–Crippen MR) is 86.2 cm³/mol. The molecule has 3 heterocycles. The molecule has 1 fully saturated rings. The van der Waals surface area contributed by atoms with Gasteiger partial charge in [0.1, 0.15) is 0 Å². The molecule has 2 aromatic heterocycles. The van der Waals surface area contributed by atoms with Crippen LogP contribution in [0.15, 0.2) is 9.13 Å². The van der Waals surface area contributed by atoms with Crippen LogP contribution in [-0.2, 0) is 12.7 Å². The van der Waals surface area contributed by atoms with E-state index >= 15 is 0 Å². The lowest BCUT2D eigenvalue weighted by atomic mass is 10.2. The summed E-state index contributed by atoms with van der Waals surface area (Å²) in [5.74, 6) is -1.32. The Morgan fingerprint density at radius 1 is 1.44 bits per heavy atom. The summed E-state index contributed by atoms with van der Waals surface area (Å²) in [6, 6.07) is -0.700. The summed E-state index contributed by atoms with van der Waals surface area (Å²) in [5, 5.41) is 9.15. The van der Waals surface area contributed by atoms with Crippen molar-refractivity contribution in [2.24, 2.45) is 0 Å². The predicted octanol–water partition coefficient (Wildman–Crippen LogP) is 2.74. The molecule has 0 saturated carbocycles. The van der Waals surface area contributed by atoms with Crippen LogP contribution in [0.3, 0.4) is 0 Å². The molecular weight excluding hydrogens is 381 g/mol. The molecule has 1 N–H and O–H groups in total. The van der Waals surface area contributed by atoms with Crippen LogP contribution in [0.2, 0.25) is 0 Å². The van der Waals surface area contributed by atoms with Crippen molar-refractivity contribution in [3.63, 3.8) is 0 Å². The quantitative estimate of drug-likeness (QED) is 0.806. The van der Waals surface area contributed by atoms with Gasteiger partial charge in [0.2, 0.25) is 5.82 Å². The van der Waals surface area contributed by atoms with E-state index < -0.39 is 36.2 Å². The number of aromatic nitrogens is 3. The van der Waals surface area contributed by atoms with Gasteiger partial charge in [0.15, 0.2) is 14.7 Å². The van der Waals surface area contributed by atoms with Crippen molar-refractivity contribution >= 4 is 39.5 Å². The zero-order valence-corrected chi connectivity index (χ0v) is 14.5. The number of carboxylic acid groups (broad SMARTS) is 1. The number of nitrogens with zero attached hydrogens (tertiary/aromatic N) is 4. The SMILES string of the molecule is CSc1nc2c(=O)n(C[C@@H]3CCCN3C(=O)O)c(C(F)(F)F)nc2s1. The van der Waals surface area contributed by atoms with E-state index in [2.05, 4.69) is 9.97 Å². The van der Waals surface area contributed by atoms with Gasteiger partial charge >= 0.3 is 12.3 Å². The van der Waals surface area contributed by atoms with Crippen LogP contribution < -0.4 is 5.56 Å². The Kier molecular flexibility index (Phi) is 4.66. The number of fused-ring (bicyclic) bond motifs is 1. The molecule has 1 amide bonds. The molecular formula is C13H13F3N4O3S2. The standard InChI is InChI=1S/C13H13F3N4O3S2/c1-24-11-17-7-8(25-11)18-10(13(14,15)16)20(9(7)21)5-6-3-2-4-19(6)12(22)23/h6H,2-5H2,1H3,(H,22,23)/t6-/m0/s1. The van der Waals surface area contributed by atoms with E-state index in [9.17, 15) is 22.8 Å². The number of carbonyl (C=O) groups is 1. The first-order valence-corrected chi connectivity index (χ1v) is 9.28. The van der Waals surface area contributed by atoms with E-state index in [-0.39, 0.29) is 16.9 Å². The second-order valence-corrected chi connectivity index (χ2v) is 7.49. The second-order valence-electron chi connectivity index (χ2n) is 5.46. The molecule has 0 aliphatic carbocycles. The fourth-order valence-corrected chi connectivity index (χ4v) is 4.27. The number of thiazole rings is 1. The van der Waals surface area contributed by atoms with E-state index in [0.29, 0.717) is 21.7 Å². The molecule has 1 aliphatic heterocycles. The minimum absolute atomic E-state index is 0.0700. The molecule has 7 nitrogen and oxygen atoms in total. The monoisotopic (exact) mass is 394 g/mol. The highest BCUT2D eigenvalue weighted by atomic mass is 32.2. The highest BCUT2D eigenvalue weighted by Crippen LogP contribution is 2.32. The minimum Gasteiger partial charge on any atom is -0.465 e. The number of thioether (sulfide) groups is 1. The summed E-state index contributed by atoms with van der Waals surface area (Å²) in [4.78, 5) is 32.4. The first-order valence-electron chi connectivity index (χ1n) is 7.24. The molecule has 1 aliphatic rings. The number of hydrogen-bond donors (Lipinski definition) is 1. The van der Waals surface area contributed by atoms with Gasteiger partial charge in [-0.3, -0.25) is 9.36 Å². The van der Waals surface area contributed by atoms with Gasteiger partial charge in [0.25, 0.3) is 5.56 Å². The summed E-state index contributed by atoms with van der Waals surface area (Å²) in [6.07, 6.45) is -3.42. The Morgan fingerprint density at radius 2 is 2.16 bits per heavy atom. The van der Waals surface area contributed by atoms with Gasteiger partial charge in [0.05, 0.1) is 6.04 Å². The molecule has 1 atom stereocenters. The average molecular weight is 394 g/mol. The normalized spacial score (nSPS) is 18.2. The van der Waals surface area contributed by atoms with Gasteiger partial charge in [-0.25, -0.2) is 14.8 Å². The number of hydrogen-bond acceptors (Lipinski definition) is 6. The summed E-state index contributed by atoms with van der Waals surface area (Å²) in [7, 11) is 0. The van der Waals surface area contributed by atoms with Crippen LogP contribution in [0.1, 0.15) is 18.7 Å². The fourth-order valence-electron chi connectivity index (χ4n) is 2.85. The largest absolute Gasteiger partial charge is 0.465 e. The Balaban J connectivity index is 2.13. The van der Waals surface area contributed by atoms with E-state index in [1.54, 1.807) is 6.26 Å². The maximum absolute atomic E-state index is 13.4. The maximum Gasteiger partial charge on any atom is 0.449 e. The summed E-state index contributed by atoms with van der Waals surface area (Å²) < 4.78 is 41.2. The molecule has 136 valence electrons. The third kappa shape index (κ3) is 3.32. The second kappa shape index (κ2) is 6.48. The first-order chi connectivity index (χ1) is 11.7. The van der Waals surface area contributed by atoms with Crippen LogP contribution in [0.5, 0.6) is 0 Å². The van der Waals surface area contributed by atoms with Gasteiger partial charge in [-0.2, -0.15) is 13.2 Å². The third-order valence-electron chi connectivity index (χ3n) is 3.94. The lowest BCUT2D eigenvalue weighted by Gasteiger charge is -2.23. The third-order valence-corrected chi connectivity index (χ3v) is 5.88. The van der Waals surface area contributed by atoms with Crippen molar-refractivity contribution in [3.8, 4) is 0 Å². The smallest absolute Gasteiger partial charge is 0.449 e. The molecule has 12 heteroatoms. The minimum atomic E-state index is -4.83. The summed E-state index contributed by atoms with van der Waals surface area (Å²) in [5.41, 5.74) is -1.02. The van der Waals surface area contributed by atoms with Crippen LogP contribution in [0.25, 0.3) is 10.3 Å². The van der Waals surface area contributed by atoms with Crippen LogP contribution in [0, 0.1) is 0 Å². The number of likely N-dealkylation sites (tertiary alicyclic amines) is 1. The van der Waals surface area contributed by atoms with Crippen molar-refractivity contribution in [1.82, 2.24) is 19.4 Å². The lowest BCUT2D eigenvalue weighted by molar-refractivity contribution is -0.148. The highest BCUT2D eigenvalue weighted by molar-refractivity contribution is 8.00. The molecule has 0 radical (unpaired) electrons. The topological polar surface area (TPSA) is 88.3 Å². The van der Waals surface area contributed by atoms with E-state index in [1.807, 2.05) is 0 Å². The Bertz CT molecular complexity index is 880. The number of rotatable bonds is 3. The molecule has 25 heavy (non-hydrogen) atoms. The zero-order chi connectivity index (χ0) is 18.4. The molecule has 0 unspecified atom stereocenters. The van der Waals surface area contributed by atoms with Gasteiger partial charge < -0.3 is 10.0 Å². The lowest BCUT2D eigenvalue weighted by Crippen LogP contribution is -2.41. The van der Waals surface area contributed by atoms with E-state index in [1.165, 1.54) is 11.8 Å². The van der Waals surface area contributed by atoms with Crippen LogP contribution in [-0.4, -0.2) is 49.5 Å². The highest BCUT2D eigenvalue weighted by Gasteiger charge is 2.39. The Labute approximate surface area is 147 Å². The van der Waals surface area contributed by atoms with Crippen molar-refractivity contribution in [1.29, 1.82) is 0 Å². The van der Waals surface area contributed by atoms with Crippen molar-refractivity contribution < 1.29 is 23.1 Å². The van der Waals surface area contributed by atoms with Crippen LogP contribution >= 0.6 is 23.1 Å². The number of alkyl halides is 3. The first kappa shape index (κ1) is 18.0. The molecule has 0 aromatic carbocycles. The molecule has 2 aromatic rings. The van der Waals surface area contributed by atoms with Gasteiger partial charge in [-0.15, -0.1) is 0 Å². The Hall–Kier alpha value is -1.82. The molecule has 3 rings (SSSR count). The van der Waals surface area contributed by atoms with Gasteiger partial charge in [-0.05, 0) is 19.1 Å². The van der Waals surface area contributed by atoms with E-state index in [0.717, 1.165) is 16.2 Å². The summed E-state index contributed by atoms with van der Waals surface area (Å²) in [6.45, 7) is -0.159. The van der Waals surface area contributed by atoms with Crippen LogP contribution in [0.4, 0.5) is 18.0 Å². The maximum atomic E-state index is 13.4. The summed E-state index contributed by atoms with van der Waals surface area (Å²) >= 11 is 2.13. The average Bonchev–Trinajstić information content (AvgIpc) is 3.15. The molecule has 0 spiro atoms. The van der Waals surface area contributed by atoms with E-state index in [4.69, 9.17) is 5.11 Å². The van der Waals surface area contributed by atoms with Crippen molar-refractivity contribution in [3.05, 3.63) is 16.2 Å².